The number of anilines is 1. The van der Waals surface area contributed by atoms with Crippen LogP contribution >= 0.6 is 0 Å². The first kappa shape index (κ1) is 15.6. The van der Waals surface area contributed by atoms with E-state index in [2.05, 4.69) is 20.8 Å². The lowest BCUT2D eigenvalue weighted by molar-refractivity contribution is -0.121. The van der Waals surface area contributed by atoms with E-state index in [1.807, 2.05) is 6.07 Å². The van der Waals surface area contributed by atoms with Gasteiger partial charge in [0.15, 0.2) is 5.82 Å². The van der Waals surface area contributed by atoms with Crippen molar-refractivity contribution in [1.82, 2.24) is 15.5 Å². The molecule has 0 atom stereocenters. The summed E-state index contributed by atoms with van der Waals surface area (Å²) in [5.74, 6) is -0.0136. The molecule has 2 N–H and O–H groups in total. The number of nitrogens with zero attached hydrogens (tertiary/aromatic N) is 2. The van der Waals surface area contributed by atoms with Gasteiger partial charge < -0.3 is 19.9 Å². The highest BCUT2D eigenvalue weighted by atomic mass is 19.1. The topological polar surface area (TPSA) is 89.3 Å². The second-order valence-corrected chi connectivity index (χ2v) is 5.27. The maximum absolute atomic E-state index is 14.4. The van der Waals surface area contributed by atoms with E-state index in [9.17, 15) is 9.18 Å². The summed E-state index contributed by atoms with van der Waals surface area (Å²) >= 11 is 0. The summed E-state index contributed by atoms with van der Waals surface area (Å²) in [6.45, 7) is 2.88. The Morgan fingerprint density at radius 1 is 1.52 bits per heavy atom. The van der Waals surface area contributed by atoms with E-state index in [1.54, 1.807) is 13.0 Å². The largest absolute Gasteiger partial charge is 0.362 e. The first-order chi connectivity index (χ1) is 11.1. The van der Waals surface area contributed by atoms with Crippen LogP contribution in [0.25, 0.3) is 0 Å². The van der Waals surface area contributed by atoms with Crippen molar-refractivity contribution in [2.45, 2.75) is 26.5 Å². The molecule has 1 aliphatic heterocycles. The van der Waals surface area contributed by atoms with E-state index in [4.69, 9.17) is 9.26 Å². The molecule has 2 aromatic rings. The average molecular weight is 320 g/mol. The lowest BCUT2D eigenvalue weighted by Crippen LogP contribution is -2.25. The second-order valence-electron chi connectivity index (χ2n) is 5.27. The molecule has 0 spiro atoms. The van der Waals surface area contributed by atoms with Gasteiger partial charge in [0.25, 0.3) is 5.89 Å². The molecular formula is C15H17FN4O3. The highest BCUT2D eigenvalue weighted by molar-refractivity contribution is 5.92. The van der Waals surface area contributed by atoms with E-state index in [0.29, 0.717) is 30.2 Å². The summed E-state index contributed by atoms with van der Waals surface area (Å²) in [7, 11) is 0. The predicted molar refractivity (Wildman–Crippen MR) is 79.1 cm³/mol. The molecule has 2 heterocycles. The summed E-state index contributed by atoms with van der Waals surface area (Å²) in [6.07, 6.45) is 0.609. The predicted octanol–water partition coefficient (Wildman–Crippen LogP) is 1.32. The Labute approximate surface area is 132 Å². The Kier molecular flexibility index (Phi) is 4.63. The van der Waals surface area contributed by atoms with Crippen molar-refractivity contribution in [1.29, 1.82) is 0 Å². The third-order valence-electron chi connectivity index (χ3n) is 3.51. The SMILES string of the molecule is Cc1noc(COCC(=O)Nc2ccc3c(c2F)CCNC3)n1. The van der Waals surface area contributed by atoms with Crippen molar-refractivity contribution >= 4 is 11.6 Å². The Balaban J connectivity index is 1.55. The number of rotatable bonds is 5. The molecule has 0 radical (unpaired) electrons. The average Bonchev–Trinajstić information content (AvgIpc) is 2.96. The molecule has 0 saturated heterocycles. The van der Waals surface area contributed by atoms with Crippen LogP contribution in [0.5, 0.6) is 0 Å². The molecule has 3 rings (SSSR count). The minimum atomic E-state index is -0.436. The van der Waals surface area contributed by atoms with Crippen LogP contribution in [0, 0.1) is 12.7 Å². The number of hydrogen-bond donors (Lipinski definition) is 2. The first-order valence-corrected chi connectivity index (χ1v) is 7.31. The fraction of sp³-hybridized carbons (Fsp3) is 0.400. The normalized spacial score (nSPS) is 13.7. The molecule has 8 heteroatoms. The molecule has 23 heavy (non-hydrogen) atoms. The molecule has 0 unspecified atom stereocenters. The number of halogens is 1. The van der Waals surface area contributed by atoms with Crippen LogP contribution in [0.3, 0.4) is 0 Å². The molecule has 1 aromatic heterocycles. The van der Waals surface area contributed by atoms with Gasteiger partial charge in [-0.25, -0.2) is 4.39 Å². The molecule has 0 saturated carbocycles. The smallest absolute Gasteiger partial charge is 0.252 e. The van der Waals surface area contributed by atoms with Gasteiger partial charge in [0.2, 0.25) is 5.91 Å². The fourth-order valence-corrected chi connectivity index (χ4v) is 2.45. The van der Waals surface area contributed by atoms with Crippen molar-refractivity contribution in [2.75, 3.05) is 18.5 Å². The van der Waals surface area contributed by atoms with E-state index < -0.39 is 5.91 Å². The molecule has 0 aliphatic carbocycles. The quantitative estimate of drug-likeness (QED) is 0.863. The zero-order valence-electron chi connectivity index (χ0n) is 12.7. The molecule has 122 valence electrons. The molecule has 0 fully saturated rings. The number of carbonyl (C=O) groups excluding carboxylic acids is 1. The number of aryl methyl sites for hydroxylation is 1. The van der Waals surface area contributed by atoms with Crippen molar-refractivity contribution < 1.29 is 18.4 Å². The number of ether oxygens (including phenoxy) is 1. The number of benzene rings is 1. The zero-order valence-corrected chi connectivity index (χ0v) is 12.7. The van der Waals surface area contributed by atoms with E-state index in [1.165, 1.54) is 0 Å². The van der Waals surface area contributed by atoms with Gasteiger partial charge in [-0.15, -0.1) is 0 Å². The summed E-state index contributed by atoms with van der Waals surface area (Å²) in [5.41, 5.74) is 1.76. The van der Waals surface area contributed by atoms with Gasteiger partial charge in [0, 0.05) is 6.54 Å². The summed E-state index contributed by atoms with van der Waals surface area (Å²) in [6, 6.07) is 3.39. The van der Waals surface area contributed by atoms with Crippen molar-refractivity contribution in [3.8, 4) is 0 Å². The van der Waals surface area contributed by atoms with Gasteiger partial charge in [0.1, 0.15) is 19.0 Å². The Morgan fingerprint density at radius 2 is 2.39 bits per heavy atom. The summed E-state index contributed by atoms with van der Waals surface area (Å²) in [5, 5.41) is 9.32. The first-order valence-electron chi connectivity index (χ1n) is 7.31. The third kappa shape index (κ3) is 3.72. The molecule has 1 aromatic carbocycles. The van der Waals surface area contributed by atoms with Gasteiger partial charge >= 0.3 is 0 Å². The number of aromatic nitrogens is 2. The lowest BCUT2D eigenvalue weighted by atomic mass is 9.99. The molecule has 1 amide bonds. The van der Waals surface area contributed by atoms with Gasteiger partial charge in [-0.2, -0.15) is 4.98 Å². The Hall–Kier alpha value is -2.32. The second kappa shape index (κ2) is 6.84. The number of hydrogen-bond acceptors (Lipinski definition) is 6. The number of nitrogens with one attached hydrogen (secondary N) is 2. The monoisotopic (exact) mass is 320 g/mol. The maximum atomic E-state index is 14.4. The summed E-state index contributed by atoms with van der Waals surface area (Å²) < 4.78 is 24.4. The Bertz CT molecular complexity index is 717. The van der Waals surface area contributed by atoms with Gasteiger partial charge in [-0.05, 0) is 37.1 Å². The van der Waals surface area contributed by atoms with E-state index in [0.717, 1.165) is 12.1 Å². The maximum Gasteiger partial charge on any atom is 0.252 e. The van der Waals surface area contributed by atoms with Crippen LogP contribution in [-0.2, 0) is 29.1 Å². The molecular weight excluding hydrogens is 303 g/mol. The fourth-order valence-electron chi connectivity index (χ4n) is 2.45. The number of amides is 1. The Morgan fingerprint density at radius 3 is 3.17 bits per heavy atom. The van der Waals surface area contributed by atoms with E-state index in [-0.39, 0.29) is 24.7 Å². The van der Waals surface area contributed by atoms with Crippen molar-refractivity contribution in [3.05, 3.63) is 40.8 Å². The van der Waals surface area contributed by atoms with Crippen LogP contribution in [0.2, 0.25) is 0 Å². The standard InChI is InChI=1S/C15H17FN4O3/c1-9-18-14(23-20-9)8-22-7-13(21)19-12-3-2-10-6-17-5-4-11(10)15(12)16/h2-3,17H,4-8H2,1H3,(H,19,21). The van der Waals surface area contributed by atoms with E-state index >= 15 is 0 Å². The highest BCUT2D eigenvalue weighted by Crippen LogP contribution is 2.24. The minimum absolute atomic E-state index is 0.0343. The van der Waals surface area contributed by atoms with Crippen LogP contribution in [0.1, 0.15) is 22.8 Å². The van der Waals surface area contributed by atoms with Gasteiger partial charge in [-0.3, -0.25) is 4.79 Å². The highest BCUT2D eigenvalue weighted by Gasteiger charge is 2.17. The van der Waals surface area contributed by atoms with Gasteiger partial charge in [-0.1, -0.05) is 11.2 Å². The molecule has 7 nitrogen and oxygen atoms in total. The molecule has 1 aliphatic rings. The van der Waals surface area contributed by atoms with Crippen LogP contribution in [0.4, 0.5) is 10.1 Å². The molecule has 0 bridgehead atoms. The third-order valence-corrected chi connectivity index (χ3v) is 3.51. The van der Waals surface area contributed by atoms with Crippen LogP contribution in [0.15, 0.2) is 16.7 Å². The van der Waals surface area contributed by atoms with Crippen LogP contribution < -0.4 is 10.6 Å². The van der Waals surface area contributed by atoms with Gasteiger partial charge in [0.05, 0.1) is 5.69 Å². The lowest BCUT2D eigenvalue weighted by Gasteiger charge is -2.19. The zero-order chi connectivity index (χ0) is 16.2. The number of fused-ring (bicyclic) bond motifs is 1. The van der Waals surface area contributed by atoms with Crippen molar-refractivity contribution in [3.63, 3.8) is 0 Å². The number of carbonyl (C=O) groups is 1. The van der Waals surface area contributed by atoms with Crippen LogP contribution in [-0.4, -0.2) is 29.2 Å². The van der Waals surface area contributed by atoms with Crippen molar-refractivity contribution in [2.24, 2.45) is 0 Å². The minimum Gasteiger partial charge on any atom is -0.362 e. The summed E-state index contributed by atoms with van der Waals surface area (Å²) in [4.78, 5) is 15.8.